The number of rotatable bonds is 7. The van der Waals surface area contributed by atoms with Crippen molar-refractivity contribution in [2.45, 2.75) is 65.0 Å². The first-order chi connectivity index (χ1) is 9.19. The first kappa shape index (κ1) is 16.4. The lowest BCUT2D eigenvalue weighted by Crippen LogP contribution is -2.49. The largest absolute Gasteiger partial charge is 0.465 e. The Morgan fingerprint density at radius 2 is 2.16 bits per heavy atom. The third-order valence-corrected chi connectivity index (χ3v) is 3.82. The molecule has 2 unspecified atom stereocenters. The van der Waals surface area contributed by atoms with Crippen LogP contribution < -0.4 is 5.32 Å². The second kappa shape index (κ2) is 9.32. The first-order valence-electron chi connectivity index (χ1n) is 7.83. The lowest BCUT2D eigenvalue weighted by atomic mass is 10.1. The van der Waals surface area contributed by atoms with Crippen LogP contribution in [0.15, 0.2) is 0 Å². The minimum Gasteiger partial charge on any atom is -0.465 e. The van der Waals surface area contributed by atoms with Gasteiger partial charge in [-0.25, -0.2) is 0 Å². The number of esters is 1. The molecule has 4 heteroatoms. The third-order valence-electron chi connectivity index (χ3n) is 3.82. The summed E-state index contributed by atoms with van der Waals surface area (Å²) in [5.74, 6) is -0.104. The minimum absolute atomic E-state index is 0.104. The molecule has 1 fully saturated rings. The number of nitrogens with one attached hydrogen (secondary N) is 1. The fraction of sp³-hybridized carbons (Fsp3) is 0.933. The molecule has 112 valence electrons. The van der Waals surface area contributed by atoms with Gasteiger partial charge in [-0.2, -0.15) is 0 Å². The predicted molar refractivity (Wildman–Crippen MR) is 78.2 cm³/mol. The zero-order valence-corrected chi connectivity index (χ0v) is 12.8. The van der Waals surface area contributed by atoms with E-state index in [2.05, 4.69) is 24.1 Å². The number of hydrogen-bond acceptors (Lipinski definition) is 4. The summed E-state index contributed by atoms with van der Waals surface area (Å²) in [6.07, 6.45) is 6.14. The summed E-state index contributed by atoms with van der Waals surface area (Å²) in [5.41, 5.74) is 0. The van der Waals surface area contributed by atoms with Crippen LogP contribution in [0.5, 0.6) is 0 Å². The summed E-state index contributed by atoms with van der Waals surface area (Å²) in [6, 6.07) is 0.392. The summed E-state index contributed by atoms with van der Waals surface area (Å²) in [7, 11) is 0. The zero-order valence-electron chi connectivity index (χ0n) is 12.8. The zero-order chi connectivity index (χ0) is 14.1. The molecule has 1 saturated heterocycles. The Morgan fingerprint density at radius 3 is 2.84 bits per heavy atom. The van der Waals surface area contributed by atoms with E-state index in [-0.39, 0.29) is 12.0 Å². The van der Waals surface area contributed by atoms with Gasteiger partial charge in [0.1, 0.15) is 6.04 Å². The molecule has 0 amide bonds. The van der Waals surface area contributed by atoms with Crippen LogP contribution in [-0.2, 0) is 9.53 Å². The quantitative estimate of drug-likeness (QED) is 0.720. The van der Waals surface area contributed by atoms with Gasteiger partial charge in [-0.1, -0.05) is 19.8 Å². The maximum Gasteiger partial charge on any atom is 0.324 e. The van der Waals surface area contributed by atoms with Crippen molar-refractivity contribution in [3.8, 4) is 0 Å². The fourth-order valence-corrected chi connectivity index (χ4v) is 2.62. The first-order valence-corrected chi connectivity index (χ1v) is 7.83. The van der Waals surface area contributed by atoms with E-state index in [1.807, 2.05) is 6.92 Å². The Balaban J connectivity index is 2.55. The number of hydrogen-bond donors (Lipinski definition) is 1. The smallest absolute Gasteiger partial charge is 0.324 e. The molecule has 0 spiro atoms. The highest BCUT2D eigenvalue weighted by molar-refractivity contribution is 5.76. The van der Waals surface area contributed by atoms with Crippen molar-refractivity contribution in [3.05, 3.63) is 0 Å². The molecule has 0 radical (unpaired) electrons. The van der Waals surface area contributed by atoms with Crippen LogP contribution >= 0.6 is 0 Å². The van der Waals surface area contributed by atoms with Crippen molar-refractivity contribution in [1.82, 2.24) is 10.2 Å². The number of ether oxygens (including phenoxy) is 1. The molecule has 2 atom stereocenters. The summed E-state index contributed by atoms with van der Waals surface area (Å²) in [6.45, 7) is 9.45. The van der Waals surface area contributed by atoms with Crippen LogP contribution in [0.4, 0.5) is 0 Å². The second-order valence-corrected chi connectivity index (χ2v) is 5.45. The van der Waals surface area contributed by atoms with Gasteiger partial charge in [-0.3, -0.25) is 9.69 Å². The summed E-state index contributed by atoms with van der Waals surface area (Å²) >= 11 is 0. The molecule has 0 aromatic rings. The van der Waals surface area contributed by atoms with E-state index in [1.165, 1.54) is 25.7 Å². The number of carbonyl (C=O) groups is 1. The highest BCUT2D eigenvalue weighted by atomic mass is 16.5. The molecule has 0 saturated carbocycles. The lowest BCUT2D eigenvalue weighted by Gasteiger charge is -2.30. The van der Waals surface area contributed by atoms with Crippen LogP contribution in [0.25, 0.3) is 0 Å². The van der Waals surface area contributed by atoms with Gasteiger partial charge in [0.25, 0.3) is 0 Å². The molecule has 1 aliphatic heterocycles. The van der Waals surface area contributed by atoms with Crippen molar-refractivity contribution < 1.29 is 9.53 Å². The van der Waals surface area contributed by atoms with Gasteiger partial charge in [-0.05, 0) is 46.2 Å². The Hall–Kier alpha value is -0.610. The predicted octanol–water partition coefficient (Wildman–Crippen LogP) is 2.18. The molecule has 0 bridgehead atoms. The van der Waals surface area contributed by atoms with Gasteiger partial charge in [-0.15, -0.1) is 0 Å². The Labute approximate surface area is 117 Å². The van der Waals surface area contributed by atoms with Gasteiger partial charge in [0, 0.05) is 12.6 Å². The van der Waals surface area contributed by atoms with Crippen LogP contribution in [0.1, 0.15) is 52.9 Å². The van der Waals surface area contributed by atoms with Crippen molar-refractivity contribution in [3.63, 3.8) is 0 Å². The molecule has 1 rings (SSSR count). The van der Waals surface area contributed by atoms with Gasteiger partial charge < -0.3 is 10.1 Å². The molecule has 0 aromatic carbocycles. The van der Waals surface area contributed by atoms with Gasteiger partial charge >= 0.3 is 5.97 Å². The summed E-state index contributed by atoms with van der Waals surface area (Å²) in [5, 5.41) is 3.33. The van der Waals surface area contributed by atoms with E-state index in [1.54, 1.807) is 0 Å². The van der Waals surface area contributed by atoms with Crippen molar-refractivity contribution >= 4 is 5.97 Å². The van der Waals surface area contributed by atoms with E-state index >= 15 is 0 Å². The summed E-state index contributed by atoms with van der Waals surface area (Å²) < 4.78 is 5.18. The van der Waals surface area contributed by atoms with Crippen LogP contribution in [0, 0.1) is 0 Å². The van der Waals surface area contributed by atoms with Crippen LogP contribution in [0.3, 0.4) is 0 Å². The molecule has 0 aromatic heterocycles. The molecule has 19 heavy (non-hydrogen) atoms. The fourth-order valence-electron chi connectivity index (χ4n) is 2.62. The molecule has 1 N–H and O–H groups in total. The second-order valence-electron chi connectivity index (χ2n) is 5.45. The van der Waals surface area contributed by atoms with Crippen molar-refractivity contribution in [2.24, 2.45) is 0 Å². The Kier molecular flexibility index (Phi) is 8.07. The van der Waals surface area contributed by atoms with Crippen LogP contribution in [-0.4, -0.2) is 49.2 Å². The molecule has 4 nitrogen and oxygen atoms in total. The Morgan fingerprint density at radius 1 is 1.37 bits per heavy atom. The number of carbonyl (C=O) groups excluding carboxylic acids is 1. The summed E-state index contributed by atoms with van der Waals surface area (Å²) in [4.78, 5) is 14.4. The molecule has 1 heterocycles. The van der Waals surface area contributed by atoms with Gasteiger partial charge in [0.05, 0.1) is 6.61 Å². The number of nitrogens with zero attached hydrogens (tertiary/aromatic N) is 1. The van der Waals surface area contributed by atoms with E-state index in [0.29, 0.717) is 12.6 Å². The van der Waals surface area contributed by atoms with E-state index in [0.717, 1.165) is 26.1 Å². The molecule has 1 aliphatic rings. The SMILES string of the molecule is CCCNC(CN1CCCCCC1C)C(=O)OCC. The average Bonchev–Trinajstić information content (AvgIpc) is 2.60. The van der Waals surface area contributed by atoms with Crippen LogP contribution in [0.2, 0.25) is 0 Å². The average molecular weight is 270 g/mol. The maximum atomic E-state index is 12.0. The topological polar surface area (TPSA) is 41.6 Å². The lowest BCUT2D eigenvalue weighted by molar-refractivity contribution is -0.146. The monoisotopic (exact) mass is 270 g/mol. The van der Waals surface area contributed by atoms with Gasteiger partial charge in [0.15, 0.2) is 0 Å². The van der Waals surface area contributed by atoms with Crippen molar-refractivity contribution in [2.75, 3.05) is 26.2 Å². The number of likely N-dealkylation sites (tertiary alicyclic amines) is 1. The van der Waals surface area contributed by atoms with E-state index < -0.39 is 0 Å². The molecular weight excluding hydrogens is 240 g/mol. The maximum absolute atomic E-state index is 12.0. The molecular formula is C15H30N2O2. The Bertz CT molecular complexity index is 259. The highest BCUT2D eigenvalue weighted by Crippen LogP contribution is 2.16. The van der Waals surface area contributed by atoms with E-state index in [4.69, 9.17) is 4.74 Å². The van der Waals surface area contributed by atoms with E-state index in [9.17, 15) is 4.79 Å². The highest BCUT2D eigenvalue weighted by Gasteiger charge is 2.25. The standard InChI is InChI=1S/C15H30N2O2/c1-4-10-16-14(15(18)19-5-2)12-17-11-8-6-7-9-13(17)3/h13-14,16H,4-12H2,1-3H3. The normalized spacial score (nSPS) is 22.8. The van der Waals surface area contributed by atoms with Gasteiger partial charge in [0.2, 0.25) is 0 Å². The molecule has 0 aliphatic carbocycles. The minimum atomic E-state index is -0.180. The third kappa shape index (κ3) is 5.91. The van der Waals surface area contributed by atoms with Crippen molar-refractivity contribution in [1.29, 1.82) is 0 Å².